The van der Waals surface area contributed by atoms with Gasteiger partial charge in [0.25, 0.3) is 0 Å². The third kappa shape index (κ3) is 5.75. The number of halogens is 1. The molecule has 3 aromatic rings. The number of esters is 1. The molecule has 1 fully saturated rings. The van der Waals surface area contributed by atoms with Gasteiger partial charge in [0, 0.05) is 42.2 Å². The fraction of sp³-hybridized carbons (Fsp3) is 0.440. The van der Waals surface area contributed by atoms with E-state index in [4.69, 9.17) is 19.3 Å². The number of hydrogen-bond acceptors (Lipinski definition) is 6. The van der Waals surface area contributed by atoms with Crippen LogP contribution in [0.2, 0.25) is 0 Å². The summed E-state index contributed by atoms with van der Waals surface area (Å²) < 4.78 is 19.7. The molecule has 1 saturated heterocycles. The van der Waals surface area contributed by atoms with Gasteiger partial charge >= 0.3 is 5.97 Å². The monoisotopic (exact) mass is 515 g/mol. The molecule has 2 aromatic carbocycles. The van der Waals surface area contributed by atoms with E-state index in [1.54, 1.807) is 14.0 Å². The first kappa shape index (κ1) is 23.7. The molecule has 0 aliphatic carbocycles. The number of hydrogen-bond donors (Lipinski definition) is 0. The van der Waals surface area contributed by atoms with E-state index in [0.29, 0.717) is 25.0 Å². The molecule has 0 radical (unpaired) electrons. The third-order valence-corrected chi connectivity index (χ3v) is 6.42. The van der Waals surface area contributed by atoms with Crippen LogP contribution in [0.15, 0.2) is 46.9 Å². The second-order valence-electron chi connectivity index (χ2n) is 8.17. The SMILES string of the molecule is CCOC(=O)Cc1ccccc1OCc1nn(C2CCN(CCOC)C2)c2ccc(Br)cc12. The van der Waals surface area contributed by atoms with Crippen molar-refractivity contribution in [3.63, 3.8) is 0 Å². The molecule has 1 aliphatic rings. The van der Waals surface area contributed by atoms with Gasteiger partial charge in [-0.1, -0.05) is 34.1 Å². The Kier molecular flexibility index (Phi) is 8.01. The lowest BCUT2D eigenvalue weighted by molar-refractivity contribution is -0.142. The van der Waals surface area contributed by atoms with Gasteiger partial charge in [-0.2, -0.15) is 5.10 Å². The second-order valence-corrected chi connectivity index (χ2v) is 9.08. The van der Waals surface area contributed by atoms with Crippen molar-refractivity contribution in [1.82, 2.24) is 14.7 Å². The lowest BCUT2D eigenvalue weighted by Crippen LogP contribution is -2.25. The van der Waals surface area contributed by atoms with Gasteiger partial charge in [0.2, 0.25) is 0 Å². The van der Waals surface area contributed by atoms with Crippen LogP contribution in [-0.2, 0) is 27.3 Å². The van der Waals surface area contributed by atoms with Crippen LogP contribution in [0.25, 0.3) is 10.9 Å². The first-order valence-corrected chi connectivity index (χ1v) is 12.1. The summed E-state index contributed by atoms with van der Waals surface area (Å²) in [5, 5.41) is 6.06. The summed E-state index contributed by atoms with van der Waals surface area (Å²) in [7, 11) is 1.74. The molecule has 1 unspecified atom stereocenters. The van der Waals surface area contributed by atoms with Gasteiger partial charge in [-0.15, -0.1) is 0 Å². The summed E-state index contributed by atoms with van der Waals surface area (Å²) >= 11 is 3.60. The number of likely N-dealkylation sites (tertiary alicyclic amines) is 1. The van der Waals surface area contributed by atoms with Crippen molar-refractivity contribution >= 4 is 32.8 Å². The van der Waals surface area contributed by atoms with Crippen LogP contribution in [0.3, 0.4) is 0 Å². The summed E-state index contributed by atoms with van der Waals surface area (Å²) in [6, 6.07) is 14.2. The first-order valence-electron chi connectivity index (χ1n) is 11.3. The lowest BCUT2D eigenvalue weighted by atomic mass is 10.1. The molecule has 1 aliphatic heterocycles. The maximum atomic E-state index is 12.0. The average molecular weight is 516 g/mol. The molecule has 0 N–H and O–H groups in total. The van der Waals surface area contributed by atoms with Crippen LogP contribution < -0.4 is 4.74 Å². The topological polar surface area (TPSA) is 65.8 Å². The number of carbonyl (C=O) groups excluding carboxylic acids is 1. The highest BCUT2D eigenvalue weighted by atomic mass is 79.9. The molecule has 1 aromatic heterocycles. The number of para-hydroxylation sites is 1. The molecule has 33 heavy (non-hydrogen) atoms. The minimum atomic E-state index is -0.258. The van der Waals surface area contributed by atoms with Crippen LogP contribution in [0.1, 0.15) is 30.6 Å². The zero-order valence-electron chi connectivity index (χ0n) is 19.1. The second kappa shape index (κ2) is 11.1. The quantitative estimate of drug-likeness (QED) is 0.373. The highest BCUT2D eigenvalue weighted by Gasteiger charge is 2.26. The van der Waals surface area contributed by atoms with Crippen molar-refractivity contribution in [2.24, 2.45) is 0 Å². The molecule has 0 saturated carbocycles. The Hall–Kier alpha value is -2.42. The average Bonchev–Trinajstić information content (AvgIpc) is 3.41. The van der Waals surface area contributed by atoms with Crippen molar-refractivity contribution in [3.8, 4) is 5.75 Å². The van der Waals surface area contributed by atoms with Gasteiger partial charge in [-0.05, 0) is 37.6 Å². The fourth-order valence-corrected chi connectivity index (χ4v) is 4.66. The maximum absolute atomic E-state index is 12.0. The molecule has 7 nitrogen and oxygen atoms in total. The number of fused-ring (bicyclic) bond motifs is 1. The zero-order valence-corrected chi connectivity index (χ0v) is 20.7. The number of carbonyl (C=O) groups is 1. The largest absolute Gasteiger partial charge is 0.487 e. The van der Waals surface area contributed by atoms with Crippen LogP contribution >= 0.6 is 15.9 Å². The molecule has 0 spiro atoms. The van der Waals surface area contributed by atoms with Gasteiger partial charge in [0.1, 0.15) is 18.1 Å². The molecular formula is C25H30BrN3O4. The standard InChI is InChI=1S/C25H30BrN3O4/c1-3-32-25(30)14-18-6-4-5-7-24(18)33-17-22-21-15-19(26)8-9-23(21)29(27-22)20-10-11-28(16-20)12-13-31-2/h4-9,15,20H,3,10-14,16-17H2,1-2H3. The molecule has 2 heterocycles. The highest BCUT2D eigenvalue weighted by Crippen LogP contribution is 2.30. The summed E-state index contributed by atoms with van der Waals surface area (Å²) in [5.74, 6) is 0.418. The van der Waals surface area contributed by atoms with Crippen molar-refractivity contribution in [3.05, 3.63) is 58.2 Å². The summed E-state index contributed by atoms with van der Waals surface area (Å²) in [5.41, 5.74) is 2.80. The van der Waals surface area contributed by atoms with Gasteiger partial charge in [0.05, 0.1) is 31.2 Å². The Morgan fingerprint density at radius 1 is 1.24 bits per heavy atom. The van der Waals surface area contributed by atoms with Gasteiger partial charge in [-0.25, -0.2) is 0 Å². The van der Waals surface area contributed by atoms with Crippen molar-refractivity contribution in [1.29, 1.82) is 0 Å². The number of benzene rings is 2. The van der Waals surface area contributed by atoms with E-state index >= 15 is 0 Å². The molecule has 0 bridgehead atoms. The van der Waals surface area contributed by atoms with Crippen LogP contribution in [0.5, 0.6) is 5.75 Å². The minimum Gasteiger partial charge on any atom is -0.487 e. The van der Waals surface area contributed by atoms with E-state index in [9.17, 15) is 4.79 Å². The van der Waals surface area contributed by atoms with Gasteiger partial charge in [-0.3, -0.25) is 14.4 Å². The summed E-state index contributed by atoms with van der Waals surface area (Å²) in [6.07, 6.45) is 1.24. The van der Waals surface area contributed by atoms with Crippen LogP contribution in [-0.4, -0.2) is 60.6 Å². The fourth-order valence-electron chi connectivity index (χ4n) is 4.30. The van der Waals surface area contributed by atoms with Crippen molar-refractivity contribution in [2.75, 3.05) is 40.0 Å². The van der Waals surface area contributed by atoms with Gasteiger partial charge < -0.3 is 14.2 Å². The van der Waals surface area contributed by atoms with E-state index in [2.05, 4.69) is 43.7 Å². The van der Waals surface area contributed by atoms with E-state index < -0.39 is 0 Å². The minimum absolute atomic E-state index is 0.185. The molecule has 0 amide bonds. The maximum Gasteiger partial charge on any atom is 0.310 e. The summed E-state index contributed by atoms with van der Waals surface area (Å²) in [4.78, 5) is 14.4. The number of nitrogens with zero attached hydrogens (tertiary/aromatic N) is 3. The van der Waals surface area contributed by atoms with E-state index in [-0.39, 0.29) is 12.4 Å². The third-order valence-electron chi connectivity index (χ3n) is 5.93. The van der Waals surface area contributed by atoms with Crippen molar-refractivity contribution < 1.29 is 19.0 Å². The predicted molar refractivity (Wildman–Crippen MR) is 131 cm³/mol. The zero-order chi connectivity index (χ0) is 23.2. The predicted octanol–water partition coefficient (Wildman–Crippen LogP) is 4.38. The Bertz CT molecular complexity index is 1100. The summed E-state index contributed by atoms with van der Waals surface area (Å²) in [6.45, 7) is 6.16. The number of ether oxygens (including phenoxy) is 3. The molecule has 8 heteroatoms. The van der Waals surface area contributed by atoms with Gasteiger partial charge in [0.15, 0.2) is 0 Å². The number of aromatic nitrogens is 2. The molecule has 4 rings (SSSR count). The van der Waals surface area contributed by atoms with Crippen molar-refractivity contribution in [2.45, 2.75) is 32.4 Å². The Balaban J connectivity index is 1.55. The Labute approximate surface area is 202 Å². The Morgan fingerprint density at radius 2 is 2.09 bits per heavy atom. The normalized spacial score (nSPS) is 16.4. The van der Waals surface area contributed by atoms with E-state index in [1.807, 2.05) is 24.3 Å². The van der Waals surface area contributed by atoms with E-state index in [1.165, 1.54) is 0 Å². The van der Waals surface area contributed by atoms with E-state index in [0.717, 1.165) is 59.3 Å². The molecule has 176 valence electrons. The molecular weight excluding hydrogens is 486 g/mol. The lowest BCUT2D eigenvalue weighted by Gasteiger charge is -2.16. The first-order chi connectivity index (χ1) is 16.1. The Morgan fingerprint density at radius 3 is 2.91 bits per heavy atom. The smallest absolute Gasteiger partial charge is 0.310 e. The van der Waals surface area contributed by atoms with Crippen LogP contribution in [0, 0.1) is 0 Å². The molecule has 1 atom stereocenters. The number of rotatable bonds is 10. The number of methoxy groups -OCH3 is 1. The van der Waals surface area contributed by atoms with Crippen LogP contribution in [0.4, 0.5) is 0 Å². The highest BCUT2D eigenvalue weighted by molar-refractivity contribution is 9.10.